The van der Waals surface area contributed by atoms with Crippen molar-refractivity contribution in [3.63, 3.8) is 0 Å². The summed E-state index contributed by atoms with van der Waals surface area (Å²) in [7, 11) is 0. The van der Waals surface area contributed by atoms with Crippen LogP contribution >= 0.6 is 0 Å². The van der Waals surface area contributed by atoms with Gasteiger partial charge in [0.05, 0.1) is 23.8 Å². The van der Waals surface area contributed by atoms with Gasteiger partial charge in [0.15, 0.2) is 0 Å². The third-order valence-corrected chi connectivity index (χ3v) is 6.47. The molecular weight excluding hydrogens is 431 g/mol. The van der Waals surface area contributed by atoms with E-state index in [1.54, 1.807) is 36.1 Å². The van der Waals surface area contributed by atoms with Crippen LogP contribution in [0.15, 0.2) is 48.5 Å². The van der Waals surface area contributed by atoms with E-state index in [1.807, 2.05) is 26.8 Å². The van der Waals surface area contributed by atoms with E-state index in [4.69, 9.17) is 0 Å². The summed E-state index contributed by atoms with van der Waals surface area (Å²) in [5, 5.41) is 6.01. The summed E-state index contributed by atoms with van der Waals surface area (Å²) >= 11 is 0. The maximum absolute atomic E-state index is 13.6. The smallest absolute Gasteiger partial charge is 0.346 e. The SMILES string of the molecule is CC(NC(=O)c1cc(CN2CNC(C)(C(C)C)CC2=O)ccc1C(F)(F)F)c1ccccc1. The molecule has 0 radical (unpaired) electrons. The summed E-state index contributed by atoms with van der Waals surface area (Å²) in [4.78, 5) is 27.1. The van der Waals surface area contributed by atoms with Gasteiger partial charge >= 0.3 is 6.18 Å². The average molecular weight is 462 g/mol. The zero-order chi connectivity index (χ0) is 24.4. The molecule has 2 atom stereocenters. The van der Waals surface area contributed by atoms with Crippen molar-refractivity contribution in [2.24, 2.45) is 5.92 Å². The van der Waals surface area contributed by atoms with Crippen molar-refractivity contribution in [1.82, 2.24) is 15.5 Å². The van der Waals surface area contributed by atoms with Crippen LogP contribution in [0, 0.1) is 5.92 Å². The Bertz CT molecular complexity index is 1010. The van der Waals surface area contributed by atoms with Gasteiger partial charge in [-0.15, -0.1) is 0 Å². The maximum Gasteiger partial charge on any atom is 0.417 e. The summed E-state index contributed by atoms with van der Waals surface area (Å²) in [5.74, 6) is -0.638. The Labute approximate surface area is 192 Å². The molecular formula is C25H30F3N3O2. The molecule has 0 aromatic heterocycles. The van der Waals surface area contributed by atoms with Gasteiger partial charge in [0, 0.05) is 18.5 Å². The standard InChI is InChI=1S/C25H30F3N3O2/c1-16(2)24(4)13-22(32)31(15-29-24)14-18-10-11-21(25(26,27)28)20(12-18)23(33)30-17(3)19-8-6-5-7-9-19/h5-12,16-17,29H,13-15H2,1-4H3,(H,30,33). The minimum absolute atomic E-state index is 0.0754. The molecule has 1 aliphatic heterocycles. The van der Waals surface area contributed by atoms with Crippen LogP contribution in [0.1, 0.15) is 67.2 Å². The number of carbonyl (C=O) groups excluding carboxylic acids is 2. The number of alkyl halides is 3. The molecule has 2 amide bonds. The number of amides is 2. The number of nitrogens with one attached hydrogen (secondary N) is 2. The van der Waals surface area contributed by atoms with Crippen molar-refractivity contribution in [1.29, 1.82) is 0 Å². The van der Waals surface area contributed by atoms with Gasteiger partial charge in [-0.2, -0.15) is 13.2 Å². The van der Waals surface area contributed by atoms with Gasteiger partial charge in [0.1, 0.15) is 0 Å². The van der Waals surface area contributed by atoms with Crippen molar-refractivity contribution in [2.75, 3.05) is 6.67 Å². The van der Waals surface area contributed by atoms with Gasteiger partial charge in [-0.1, -0.05) is 50.2 Å². The van der Waals surface area contributed by atoms with E-state index < -0.39 is 29.3 Å². The summed E-state index contributed by atoms with van der Waals surface area (Å²) in [6, 6.07) is 12.0. The Kier molecular flexibility index (Phi) is 7.17. The van der Waals surface area contributed by atoms with Gasteiger partial charge in [0.2, 0.25) is 5.91 Å². The molecule has 8 heteroatoms. The van der Waals surface area contributed by atoms with E-state index in [0.717, 1.165) is 11.6 Å². The van der Waals surface area contributed by atoms with Crippen LogP contribution in [0.2, 0.25) is 0 Å². The van der Waals surface area contributed by atoms with Crippen LogP contribution in [0.4, 0.5) is 13.2 Å². The second-order valence-electron chi connectivity index (χ2n) is 9.16. The molecule has 3 rings (SSSR count). The van der Waals surface area contributed by atoms with Crippen molar-refractivity contribution >= 4 is 11.8 Å². The lowest BCUT2D eigenvalue weighted by molar-refractivity contribution is -0.139. The van der Waals surface area contributed by atoms with Crippen LogP contribution in [-0.4, -0.2) is 28.9 Å². The number of rotatable bonds is 6. The molecule has 2 N–H and O–H groups in total. The minimum atomic E-state index is -4.68. The molecule has 0 aliphatic carbocycles. The lowest BCUT2D eigenvalue weighted by Gasteiger charge is -2.42. The lowest BCUT2D eigenvalue weighted by Crippen LogP contribution is -2.59. The molecule has 5 nitrogen and oxygen atoms in total. The van der Waals surface area contributed by atoms with Crippen molar-refractivity contribution in [3.05, 3.63) is 70.8 Å². The second kappa shape index (κ2) is 9.55. The molecule has 1 aliphatic rings. The molecule has 0 saturated carbocycles. The van der Waals surface area contributed by atoms with E-state index in [0.29, 0.717) is 18.7 Å². The third-order valence-electron chi connectivity index (χ3n) is 6.47. The van der Waals surface area contributed by atoms with E-state index in [1.165, 1.54) is 12.1 Å². The molecule has 0 spiro atoms. The monoisotopic (exact) mass is 461 g/mol. The molecule has 178 valence electrons. The Morgan fingerprint density at radius 2 is 1.82 bits per heavy atom. The molecule has 2 unspecified atom stereocenters. The first-order valence-corrected chi connectivity index (χ1v) is 11.0. The molecule has 1 saturated heterocycles. The zero-order valence-electron chi connectivity index (χ0n) is 19.3. The van der Waals surface area contributed by atoms with Gasteiger partial charge in [-0.25, -0.2) is 0 Å². The number of carbonyl (C=O) groups is 2. The predicted octanol–water partition coefficient (Wildman–Crippen LogP) is 4.89. The maximum atomic E-state index is 13.6. The van der Waals surface area contributed by atoms with Crippen LogP contribution in [0.5, 0.6) is 0 Å². The number of hydrogen-bond donors (Lipinski definition) is 2. The van der Waals surface area contributed by atoms with Crippen molar-refractivity contribution in [3.8, 4) is 0 Å². The van der Waals surface area contributed by atoms with E-state index in [-0.39, 0.29) is 23.9 Å². The number of benzene rings is 2. The van der Waals surface area contributed by atoms with Crippen LogP contribution < -0.4 is 10.6 Å². The molecule has 1 fully saturated rings. The van der Waals surface area contributed by atoms with Crippen LogP contribution in [-0.2, 0) is 17.5 Å². The highest BCUT2D eigenvalue weighted by Crippen LogP contribution is 2.33. The first-order chi connectivity index (χ1) is 15.4. The Morgan fingerprint density at radius 1 is 1.15 bits per heavy atom. The summed E-state index contributed by atoms with van der Waals surface area (Å²) in [5.41, 5.74) is -0.531. The topological polar surface area (TPSA) is 61.4 Å². The molecule has 1 heterocycles. The van der Waals surface area contributed by atoms with Gasteiger partial charge in [-0.3, -0.25) is 14.9 Å². The summed E-state index contributed by atoms with van der Waals surface area (Å²) in [6.45, 7) is 8.18. The van der Waals surface area contributed by atoms with E-state index >= 15 is 0 Å². The van der Waals surface area contributed by atoms with Crippen LogP contribution in [0.3, 0.4) is 0 Å². The molecule has 33 heavy (non-hydrogen) atoms. The van der Waals surface area contributed by atoms with Crippen molar-refractivity contribution < 1.29 is 22.8 Å². The van der Waals surface area contributed by atoms with Crippen molar-refractivity contribution in [2.45, 2.75) is 58.4 Å². The first-order valence-electron chi connectivity index (χ1n) is 11.0. The largest absolute Gasteiger partial charge is 0.417 e. The molecule has 0 bridgehead atoms. The van der Waals surface area contributed by atoms with E-state index in [9.17, 15) is 22.8 Å². The Balaban J connectivity index is 1.82. The van der Waals surface area contributed by atoms with Gasteiger partial charge < -0.3 is 10.2 Å². The minimum Gasteiger partial charge on any atom is -0.346 e. The first kappa shape index (κ1) is 24.8. The normalized spacial score (nSPS) is 20.1. The van der Waals surface area contributed by atoms with Gasteiger partial charge in [0.25, 0.3) is 5.91 Å². The highest BCUT2D eigenvalue weighted by Gasteiger charge is 2.38. The highest BCUT2D eigenvalue weighted by molar-refractivity contribution is 5.96. The van der Waals surface area contributed by atoms with E-state index in [2.05, 4.69) is 10.6 Å². The highest BCUT2D eigenvalue weighted by atomic mass is 19.4. The lowest BCUT2D eigenvalue weighted by atomic mass is 9.83. The third kappa shape index (κ3) is 5.74. The average Bonchev–Trinajstić information content (AvgIpc) is 2.75. The Hall–Kier alpha value is -2.87. The molecule has 2 aromatic carbocycles. The molecule has 2 aromatic rings. The fourth-order valence-electron chi connectivity index (χ4n) is 3.85. The summed E-state index contributed by atoms with van der Waals surface area (Å²) < 4.78 is 40.9. The quantitative estimate of drug-likeness (QED) is 0.644. The fraction of sp³-hybridized carbons (Fsp3) is 0.440. The zero-order valence-corrected chi connectivity index (χ0v) is 19.3. The number of nitrogens with zero attached hydrogens (tertiary/aromatic N) is 1. The predicted molar refractivity (Wildman–Crippen MR) is 120 cm³/mol. The second-order valence-corrected chi connectivity index (χ2v) is 9.16. The van der Waals surface area contributed by atoms with Gasteiger partial charge in [-0.05, 0) is 43.0 Å². The van der Waals surface area contributed by atoms with Crippen LogP contribution in [0.25, 0.3) is 0 Å². The number of hydrogen-bond acceptors (Lipinski definition) is 3. The summed E-state index contributed by atoms with van der Waals surface area (Å²) in [6.07, 6.45) is -4.38. The Morgan fingerprint density at radius 3 is 2.39 bits per heavy atom. The fourth-order valence-corrected chi connectivity index (χ4v) is 3.85. The number of halogens is 3.